The van der Waals surface area contributed by atoms with Crippen molar-refractivity contribution in [3.63, 3.8) is 0 Å². The molecule has 127 heavy (non-hydrogen) atoms. The van der Waals surface area contributed by atoms with Gasteiger partial charge in [0.05, 0.1) is 33.2 Å². The second-order valence-corrected chi connectivity index (χ2v) is 39.6. The summed E-state index contributed by atoms with van der Waals surface area (Å²) in [6.45, 7) is 36.1. The van der Waals surface area contributed by atoms with E-state index in [1.54, 1.807) is 52.2 Å². The Kier molecular flexibility index (Phi) is 28.9. The maximum Gasteiger partial charge on any atom is 0.127 e. The summed E-state index contributed by atoms with van der Waals surface area (Å²) in [6, 6.07) is 104. The smallest absolute Gasteiger partial charge is 0.127 e. The number of nitrogens with zero attached hydrogens (tertiary/aromatic N) is 6. The number of hydrogen-bond acceptors (Lipinski definition) is 12. The van der Waals surface area contributed by atoms with Crippen molar-refractivity contribution in [2.45, 2.75) is 144 Å². The molecule has 0 saturated heterocycles. The molecule has 0 spiro atoms. The number of rotatable bonds is 14. The van der Waals surface area contributed by atoms with Gasteiger partial charge in [0.2, 0.25) is 0 Å². The third-order valence-corrected chi connectivity index (χ3v) is 25.7. The van der Waals surface area contributed by atoms with Gasteiger partial charge in [0.15, 0.2) is 0 Å². The van der Waals surface area contributed by atoms with Crippen LogP contribution >= 0.6 is 34.0 Å². The number of benzene rings is 12. The Hall–Kier alpha value is -10.8. The molecule has 0 bridgehead atoms. The SMILES string of the molecule is CC(C)(C)c1cc(-c2[c-]c(-c3cc(-c4ccccc4)ccn3)c(C(C)(C)C)cc2C(C)(C)C)c2nc(-c3ccccc3O)sc2c1.CC(C)c1cc(-c2ccnc(-c3[c-]c(-c4cc(C(C)(C)C)cc5sc(-c6ccccc6O)nc45)ccc3)c2)cc(C(C)C)c1.Oc1ccccc1-c1nc2c(-c3[c-]c(-c4cc(-c5ccccc5)ccn4)ccc3)cccc2s1.[Pt].[Pt].[Pt]. The quantitative estimate of drug-likeness (QED) is 0.0909. The van der Waals surface area contributed by atoms with Gasteiger partial charge in [0, 0.05) is 113 Å². The summed E-state index contributed by atoms with van der Waals surface area (Å²) in [5.41, 5.74) is 30.8. The van der Waals surface area contributed by atoms with Crippen molar-refractivity contribution in [1.82, 2.24) is 29.9 Å². The number of aromatic hydroxyl groups is 3. The molecular formula is C112H101N6O3Pt3S3-3. The molecular weight excluding hydrogens is 2160 g/mol. The first-order valence-electron chi connectivity index (χ1n) is 42.3. The Balaban J connectivity index is 0.000000163. The van der Waals surface area contributed by atoms with Crippen LogP contribution in [-0.4, -0.2) is 45.2 Å². The summed E-state index contributed by atoms with van der Waals surface area (Å²) in [4.78, 5) is 29.5. The van der Waals surface area contributed by atoms with Crippen LogP contribution in [-0.2, 0) is 84.9 Å². The van der Waals surface area contributed by atoms with Crippen molar-refractivity contribution in [3.8, 4) is 149 Å². The van der Waals surface area contributed by atoms with E-state index in [1.165, 1.54) is 38.9 Å². The van der Waals surface area contributed by atoms with Crippen LogP contribution in [0.15, 0.2) is 292 Å². The molecule has 6 aromatic heterocycles. The van der Waals surface area contributed by atoms with Crippen LogP contribution in [0, 0.1) is 18.2 Å². The fourth-order valence-electron chi connectivity index (χ4n) is 15.5. The van der Waals surface area contributed by atoms with Gasteiger partial charge in [0.1, 0.15) is 32.3 Å². The second kappa shape index (κ2) is 39.0. The van der Waals surface area contributed by atoms with E-state index < -0.39 is 0 Å². The molecule has 6 heterocycles. The average molecular weight is 2260 g/mol. The first-order valence-corrected chi connectivity index (χ1v) is 44.8. The molecule has 18 rings (SSSR count). The third kappa shape index (κ3) is 20.8. The third-order valence-electron chi connectivity index (χ3n) is 22.6. The van der Waals surface area contributed by atoms with Crippen LogP contribution in [0.1, 0.15) is 156 Å². The van der Waals surface area contributed by atoms with E-state index in [-0.39, 0.29) is 102 Å². The van der Waals surface area contributed by atoms with E-state index in [4.69, 9.17) is 24.9 Å². The maximum absolute atomic E-state index is 10.7. The number of para-hydroxylation sites is 4. The number of phenols is 3. The fourth-order valence-corrected chi connectivity index (χ4v) is 18.7. The molecule has 0 atom stereocenters. The number of phenolic OH excluding ortho intramolecular Hbond substituents is 3. The van der Waals surface area contributed by atoms with E-state index in [0.717, 1.165) is 157 Å². The Labute approximate surface area is 802 Å². The predicted molar refractivity (Wildman–Crippen MR) is 522 cm³/mol. The Morgan fingerprint density at radius 3 is 1.06 bits per heavy atom. The van der Waals surface area contributed by atoms with Crippen molar-refractivity contribution in [2.75, 3.05) is 0 Å². The van der Waals surface area contributed by atoms with Gasteiger partial charge in [-0.2, -0.15) is 0 Å². The second-order valence-electron chi connectivity index (χ2n) is 36.5. The molecule has 12 aromatic carbocycles. The molecule has 0 amide bonds. The van der Waals surface area contributed by atoms with Crippen LogP contribution in [0.2, 0.25) is 0 Å². The first-order chi connectivity index (χ1) is 59.3. The zero-order chi connectivity index (χ0) is 87.1. The van der Waals surface area contributed by atoms with Gasteiger partial charge in [-0.15, -0.1) is 122 Å². The minimum absolute atomic E-state index is 0. The van der Waals surface area contributed by atoms with Gasteiger partial charge in [-0.1, -0.05) is 302 Å². The fraction of sp³-hybridized carbons (Fsp3) is 0.196. The molecule has 9 nitrogen and oxygen atoms in total. The van der Waals surface area contributed by atoms with Crippen LogP contribution in [0.5, 0.6) is 17.2 Å². The van der Waals surface area contributed by atoms with Gasteiger partial charge >= 0.3 is 0 Å². The van der Waals surface area contributed by atoms with E-state index in [0.29, 0.717) is 11.8 Å². The topological polar surface area (TPSA) is 138 Å². The monoisotopic (exact) mass is 2260 g/mol. The van der Waals surface area contributed by atoms with E-state index in [2.05, 4.69) is 286 Å². The summed E-state index contributed by atoms with van der Waals surface area (Å²) < 4.78 is 3.26. The molecule has 15 heteroatoms. The summed E-state index contributed by atoms with van der Waals surface area (Å²) >= 11 is 4.82. The number of hydrogen-bond donors (Lipinski definition) is 3. The number of fused-ring (bicyclic) bond motifs is 3. The molecule has 0 aliphatic carbocycles. The van der Waals surface area contributed by atoms with Gasteiger partial charge < -0.3 is 15.3 Å². The number of aromatic nitrogens is 6. The first kappa shape index (κ1) is 93.9. The molecule has 18 aromatic rings. The van der Waals surface area contributed by atoms with E-state index in [9.17, 15) is 15.3 Å². The Bertz CT molecular complexity index is 6960. The van der Waals surface area contributed by atoms with Crippen molar-refractivity contribution in [1.29, 1.82) is 0 Å². The molecule has 3 N–H and O–H groups in total. The zero-order valence-corrected chi connectivity index (χ0v) is 83.3. The van der Waals surface area contributed by atoms with Crippen LogP contribution in [0.4, 0.5) is 0 Å². The largest absolute Gasteiger partial charge is 0.507 e. The molecule has 0 saturated carbocycles. The van der Waals surface area contributed by atoms with Crippen molar-refractivity contribution in [3.05, 3.63) is 343 Å². The van der Waals surface area contributed by atoms with Crippen LogP contribution in [0.25, 0.3) is 163 Å². The zero-order valence-electron chi connectivity index (χ0n) is 74.1. The summed E-state index contributed by atoms with van der Waals surface area (Å²) in [5, 5.41) is 34.0. The average Bonchev–Trinajstić information content (AvgIpc) is 1.70. The van der Waals surface area contributed by atoms with Crippen LogP contribution < -0.4 is 0 Å². The molecule has 0 unspecified atom stereocenters. The van der Waals surface area contributed by atoms with Gasteiger partial charge in [-0.3, -0.25) is 15.0 Å². The summed E-state index contributed by atoms with van der Waals surface area (Å²) in [5.74, 6) is 1.62. The minimum atomic E-state index is -0.162. The van der Waals surface area contributed by atoms with E-state index in [1.807, 2.05) is 122 Å². The molecule has 0 radical (unpaired) electrons. The van der Waals surface area contributed by atoms with Gasteiger partial charge in [-0.05, 0) is 162 Å². The van der Waals surface area contributed by atoms with Crippen LogP contribution in [0.3, 0.4) is 0 Å². The Morgan fingerprint density at radius 1 is 0.276 bits per heavy atom. The number of thiazole rings is 3. The standard InChI is InChI=1S/C42H43N2OS.C40H39N2OS.C30H19N2OS.3Pt/c1-40(2,3)28-22-31(38-37(23-28)46-39(44-38)29-17-13-14-18-36(29)45)30-24-32(34(42(7,8)9)25-33(30)41(4,5)6)35-21-27(19-20-43-35)26-15-11-10-12-16-26;1-24(2)29-18-30(25(3)4)20-31(19-29)26-15-16-41-35(21-26)28-12-10-11-27(17-28)34-22-32(40(5,6)7)23-37-38(34)42-39(44-37)33-13-8-9-14-36(33)43;33-27-14-5-4-12-25(27)30-32-29-24(13-7-15-28(29)34-30)22-10-6-11-23(18-22)26-19-21(16-17-31-26)20-8-2-1-3-9-20;;;/h10-23,25,45H,1-9H3;8-16,18-25,43H,1-7H3;1-17,19,33H;;;/q3*-1;;;. The van der Waals surface area contributed by atoms with Gasteiger partial charge in [0.25, 0.3) is 0 Å². The van der Waals surface area contributed by atoms with Gasteiger partial charge in [-0.25, -0.2) is 15.0 Å². The molecule has 0 aliphatic rings. The Morgan fingerprint density at radius 2 is 0.630 bits per heavy atom. The molecule has 0 aliphatic heterocycles. The minimum Gasteiger partial charge on any atom is -0.507 e. The predicted octanol–water partition coefficient (Wildman–Crippen LogP) is 31.0. The maximum atomic E-state index is 10.7. The molecule has 648 valence electrons. The summed E-state index contributed by atoms with van der Waals surface area (Å²) in [7, 11) is 0. The van der Waals surface area contributed by atoms with Crippen molar-refractivity contribution < 1.29 is 78.5 Å². The van der Waals surface area contributed by atoms with Crippen molar-refractivity contribution in [2.24, 2.45) is 0 Å². The number of pyridine rings is 3. The summed E-state index contributed by atoms with van der Waals surface area (Å²) in [6.07, 6.45) is 5.66. The normalized spacial score (nSPS) is 11.7. The van der Waals surface area contributed by atoms with E-state index >= 15 is 0 Å². The van der Waals surface area contributed by atoms with Crippen molar-refractivity contribution >= 4 is 64.7 Å². The molecule has 0 fully saturated rings.